The number of para-hydroxylation sites is 2. The maximum Gasteiger partial charge on any atom is 0.0542 e. The number of aromatic nitrogens is 1. The van der Waals surface area contributed by atoms with Crippen molar-refractivity contribution in [3.05, 3.63) is 170 Å². The van der Waals surface area contributed by atoms with Crippen molar-refractivity contribution < 1.29 is 0 Å². The van der Waals surface area contributed by atoms with Crippen LogP contribution in [-0.2, 0) is 0 Å². The van der Waals surface area contributed by atoms with E-state index in [2.05, 4.69) is 179 Å². The highest BCUT2D eigenvalue weighted by Crippen LogP contribution is 2.44. The van der Waals surface area contributed by atoms with E-state index in [0.29, 0.717) is 0 Å². The number of nitrogens with zero attached hydrogens (tertiary/aromatic N) is 2. The molecule has 2 aromatic heterocycles. The maximum absolute atomic E-state index is 2.42. The van der Waals surface area contributed by atoms with Gasteiger partial charge in [0.15, 0.2) is 0 Å². The lowest BCUT2D eigenvalue weighted by atomic mass is 10.0. The molecular formula is C44H28N2S. The summed E-state index contributed by atoms with van der Waals surface area (Å²) in [7, 11) is 0. The van der Waals surface area contributed by atoms with Gasteiger partial charge in [0.25, 0.3) is 0 Å². The van der Waals surface area contributed by atoms with E-state index in [4.69, 9.17) is 0 Å². The van der Waals surface area contributed by atoms with Crippen LogP contribution in [0.15, 0.2) is 170 Å². The van der Waals surface area contributed by atoms with Gasteiger partial charge in [-0.3, -0.25) is 0 Å². The van der Waals surface area contributed by atoms with Crippen molar-refractivity contribution in [2.24, 2.45) is 0 Å². The normalized spacial score (nSPS) is 11.8. The Morgan fingerprint density at radius 3 is 1.91 bits per heavy atom. The van der Waals surface area contributed by atoms with Gasteiger partial charge in [-0.05, 0) is 88.3 Å². The van der Waals surface area contributed by atoms with E-state index in [1.807, 2.05) is 11.3 Å². The monoisotopic (exact) mass is 616 g/mol. The summed E-state index contributed by atoms with van der Waals surface area (Å²) in [5.41, 5.74) is 7.00. The lowest BCUT2D eigenvalue weighted by molar-refractivity contribution is 1.18. The van der Waals surface area contributed by atoms with E-state index in [-0.39, 0.29) is 0 Å². The van der Waals surface area contributed by atoms with E-state index in [0.717, 1.165) is 17.1 Å². The minimum Gasteiger partial charge on any atom is -0.310 e. The first kappa shape index (κ1) is 26.3. The second-order valence-corrected chi connectivity index (χ2v) is 13.3. The van der Waals surface area contributed by atoms with Crippen molar-refractivity contribution in [2.75, 3.05) is 4.90 Å². The molecule has 2 heterocycles. The summed E-state index contributed by atoms with van der Waals surface area (Å²) in [6, 6.07) is 62.0. The van der Waals surface area contributed by atoms with Crippen molar-refractivity contribution in [3.63, 3.8) is 0 Å². The van der Waals surface area contributed by atoms with E-state index in [1.54, 1.807) is 0 Å². The average molecular weight is 617 g/mol. The fourth-order valence-corrected chi connectivity index (χ4v) is 8.55. The van der Waals surface area contributed by atoms with Crippen LogP contribution >= 0.6 is 11.3 Å². The van der Waals surface area contributed by atoms with E-state index in [1.165, 1.54) is 69.2 Å². The summed E-state index contributed by atoms with van der Waals surface area (Å²) in [6.45, 7) is 0. The largest absolute Gasteiger partial charge is 0.310 e. The topological polar surface area (TPSA) is 8.17 Å². The van der Waals surface area contributed by atoms with Gasteiger partial charge < -0.3 is 9.47 Å². The molecule has 0 fully saturated rings. The number of rotatable bonds is 4. The molecule has 10 rings (SSSR count). The van der Waals surface area contributed by atoms with Gasteiger partial charge in [0.05, 0.1) is 11.0 Å². The molecule has 0 aliphatic heterocycles. The first-order valence-electron chi connectivity index (χ1n) is 16.0. The molecule has 0 saturated carbocycles. The summed E-state index contributed by atoms with van der Waals surface area (Å²) in [4.78, 5) is 2.42. The molecule has 47 heavy (non-hydrogen) atoms. The van der Waals surface area contributed by atoms with E-state index >= 15 is 0 Å². The van der Waals surface area contributed by atoms with Crippen LogP contribution in [0, 0.1) is 0 Å². The second kappa shape index (κ2) is 10.3. The number of fused-ring (bicyclic) bond motifs is 9. The van der Waals surface area contributed by atoms with E-state index in [9.17, 15) is 0 Å². The molecule has 0 atom stereocenters. The van der Waals surface area contributed by atoms with Crippen LogP contribution in [0.2, 0.25) is 0 Å². The van der Waals surface area contributed by atoms with E-state index < -0.39 is 0 Å². The summed E-state index contributed by atoms with van der Waals surface area (Å²) in [5, 5.41) is 10.2. The third-order valence-corrected chi connectivity index (χ3v) is 10.6. The number of hydrogen-bond donors (Lipinski definition) is 0. The number of hydrogen-bond acceptors (Lipinski definition) is 2. The molecule has 8 aromatic carbocycles. The van der Waals surface area contributed by atoms with Crippen LogP contribution in [0.5, 0.6) is 0 Å². The minimum absolute atomic E-state index is 1.13. The Kier molecular flexibility index (Phi) is 5.78. The predicted octanol–water partition coefficient (Wildman–Crippen LogP) is 12.9. The summed E-state index contributed by atoms with van der Waals surface area (Å²) in [5.74, 6) is 0. The molecule has 0 saturated heterocycles. The zero-order chi connectivity index (χ0) is 30.9. The zero-order valence-corrected chi connectivity index (χ0v) is 26.3. The van der Waals surface area contributed by atoms with Crippen molar-refractivity contribution in [1.29, 1.82) is 0 Å². The van der Waals surface area contributed by atoms with Crippen LogP contribution in [-0.4, -0.2) is 4.57 Å². The molecule has 0 bridgehead atoms. The maximum atomic E-state index is 2.42. The van der Waals surface area contributed by atoms with Crippen molar-refractivity contribution >= 4 is 91.9 Å². The zero-order valence-electron chi connectivity index (χ0n) is 25.5. The molecule has 0 aliphatic carbocycles. The number of benzene rings is 8. The molecule has 0 spiro atoms. The first-order valence-corrected chi connectivity index (χ1v) is 16.8. The molecule has 0 radical (unpaired) electrons. The molecule has 2 nitrogen and oxygen atoms in total. The summed E-state index contributed by atoms with van der Waals surface area (Å²) >= 11 is 1.88. The van der Waals surface area contributed by atoms with Crippen LogP contribution in [0.1, 0.15) is 0 Å². The smallest absolute Gasteiger partial charge is 0.0542 e. The lowest BCUT2D eigenvalue weighted by Gasteiger charge is -2.26. The van der Waals surface area contributed by atoms with Crippen LogP contribution in [0.3, 0.4) is 0 Å². The van der Waals surface area contributed by atoms with Crippen LogP contribution in [0.4, 0.5) is 17.1 Å². The molecule has 0 unspecified atom stereocenters. The second-order valence-electron chi connectivity index (χ2n) is 12.2. The van der Waals surface area contributed by atoms with Crippen molar-refractivity contribution in [2.45, 2.75) is 0 Å². The molecule has 0 aliphatic rings. The summed E-state index contributed by atoms with van der Waals surface area (Å²) in [6.07, 6.45) is 0. The van der Waals surface area contributed by atoms with Crippen LogP contribution < -0.4 is 4.90 Å². The van der Waals surface area contributed by atoms with Gasteiger partial charge in [-0.1, -0.05) is 103 Å². The Morgan fingerprint density at radius 2 is 1.02 bits per heavy atom. The number of anilines is 3. The third-order valence-electron chi connectivity index (χ3n) is 9.52. The van der Waals surface area contributed by atoms with Crippen molar-refractivity contribution in [1.82, 2.24) is 4.57 Å². The van der Waals surface area contributed by atoms with Gasteiger partial charge in [-0.2, -0.15) is 0 Å². The predicted molar refractivity (Wildman–Crippen MR) is 203 cm³/mol. The molecule has 10 aromatic rings. The van der Waals surface area contributed by atoms with Gasteiger partial charge >= 0.3 is 0 Å². The minimum atomic E-state index is 1.13. The highest BCUT2D eigenvalue weighted by molar-refractivity contribution is 7.26. The molecule has 0 N–H and O–H groups in total. The fraction of sp³-hybridized carbons (Fsp3) is 0. The Balaban J connectivity index is 1.22. The molecular weight excluding hydrogens is 589 g/mol. The third kappa shape index (κ3) is 4.10. The fourth-order valence-electron chi connectivity index (χ4n) is 7.39. The summed E-state index contributed by atoms with van der Waals surface area (Å²) < 4.78 is 4.99. The molecule has 3 heteroatoms. The Hall–Kier alpha value is -5.90. The van der Waals surface area contributed by atoms with Gasteiger partial charge in [0, 0.05) is 53.7 Å². The standard InChI is InChI=1S/C44H28N2S/c1-2-13-32(14-3-1)46-40-17-9-8-16-37(40)39-27-34(22-24-41(39)46)45(33-20-18-29-10-4-5-12-31(29)26-33)35-21-23-38-43(28-35)47-42-25-19-30-11-6-7-15-36(30)44(38)42/h1-28H. The Morgan fingerprint density at radius 1 is 0.383 bits per heavy atom. The average Bonchev–Trinajstić information content (AvgIpc) is 3.67. The highest BCUT2D eigenvalue weighted by atomic mass is 32.1. The van der Waals surface area contributed by atoms with Crippen LogP contribution in [0.25, 0.3) is 69.2 Å². The molecule has 220 valence electrons. The van der Waals surface area contributed by atoms with Gasteiger partial charge in [-0.15, -0.1) is 11.3 Å². The number of thiophene rings is 1. The molecule has 0 amide bonds. The van der Waals surface area contributed by atoms with Crippen molar-refractivity contribution in [3.8, 4) is 5.69 Å². The lowest BCUT2D eigenvalue weighted by Crippen LogP contribution is -2.09. The first-order chi connectivity index (χ1) is 23.3. The van der Waals surface area contributed by atoms with Gasteiger partial charge in [0.2, 0.25) is 0 Å². The Labute approximate surface area is 276 Å². The van der Waals surface area contributed by atoms with Gasteiger partial charge in [0.1, 0.15) is 0 Å². The van der Waals surface area contributed by atoms with Gasteiger partial charge in [-0.25, -0.2) is 0 Å². The Bertz CT molecular complexity index is 2810. The quantitative estimate of drug-likeness (QED) is 0.191. The SMILES string of the molecule is c1ccc(-n2c3ccccc3c3cc(N(c4ccc5ccccc5c4)c4ccc5c(c4)sc4ccc6ccccc6c45)ccc32)cc1. The highest BCUT2D eigenvalue weighted by Gasteiger charge is 2.19.